The number of rotatable bonds is 4. The predicted octanol–water partition coefficient (Wildman–Crippen LogP) is 3.24. The average Bonchev–Trinajstić information content (AvgIpc) is 2.48. The van der Waals surface area contributed by atoms with E-state index < -0.39 is 24.3 Å². The van der Waals surface area contributed by atoms with Gasteiger partial charge < -0.3 is 10.1 Å². The van der Waals surface area contributed by atoms with E-state index in [9.17, 15) is 14.0 Å². The molecule has 2 aromatic carbocycles. The Morgan fingerprint density at radius 3 is 2.59 bits per heavy atom. The molecule has 22 heavy (non-hydrogen) atoms. The molecule has 4 nitrogen and oxygen atoms in total. The molecule has 2 rings (SSSR count). The average molecular weight is 301 g/mol. The Hall–Kier alpha value is -2.69. The lowest BCUT2D eigenvalue weighted by atomic mass is 10.1. The summed E-state index contributed by atoms with van der Waals surface area (Å²) in [6.45, 7) is 3.06. The van der Waals surface area contributed by atoms with Gasteiger partial charge in [-0.15, -0.1) is 0 Å². The van der Waals surface area contributed by atoms with Crippen LogP contribution in [0.5, 0.6) is 0 Å². The van der Waals surface area contributed by atoms with Gasteiger partial charge in [0.15, 0.2) is 6.61 Å². The molecule has 0 heterocycles. The lowest BCUT2D eigenvalue weighted by Crippen LogP contribution is -2.21. The smallest absolute Gasteiger partial charge is 0.338 e. The first-order valence-electron chi connectivity index (χ1n) is 6.75. The minimum atomic E-state index is -0.575. The van der Waals surface area contributed by atoms with Gasteiger partial charge in [0.25, 0.3) is 5.91 Å². The molecule has 1 N–H and O–H groups in total. The molecular formula is C17H16FNO3. The fourth-order valence-corrected chi connectivity index (χ4v) is 1.85. The fraction of sp³-hybridized carbons (Fsp3) is 0.176. The van der Waals surface area contributed by atoms with Crippen LogP contribution in [-0.2, 0) is 9.53 Å². The van der Waals surface area contributed by atoms with Crippen molar-refractivity contribution in [1.29, 1.82) is 0 Å². The fourth-order valence-electron chi connectivity index (χ4n) is 1.85. The zero-order valence-electron chi connectivity index (χ0n) is 12.4. The van der Waals surface area contributed by atoms with Crippen LogP contribution < -0.4 is 5.32 Å². The third kappa shape index (κ3) is 4.15. The largest absolute Gasteiger partial charge is 0.452 e. The number of carbonyl (C=O) groups excluding carboxylic acids is 2. The molecule has 0 aliphatic heterocycles. The van der Waals surface area contributed by atoms with Crippen LogP contribution in [0.1, 0.15) is 21.5 Å². The molecule has 0 bridgehead atoms. The summed E-state index contributed by atoms with van der Waals surface area (Å²) in [7, 11) is 0. The third-order valence-electron chi connectivity index (χ3n) is 3.04. The zero-order valence-corrected chi connectivity index (χ0v) is 12.4. The summed E-state index contributed by atoms with van der Waals surface area (Å²) in [4.78, 5) is 23.5. The van der Waals surface area contributed by atoms with Crippen LogP contribution >= 0.6 is 0 Å². The first kappa shape index (κ1) is 15.7. The van der Waals surface area contributed by atoms with E-state index in [0.29, 0.717) is 16.8 Å². The molecule has 2 aromatic rings. The molecule has 0 spiro atoms. The van der Waals surface area contributed by atoms with Crippen LogP contribution in [0.15, 0.2) is 42.5 Å². The maximum absolute atomic E-state index is 13.4. The van der Waals surface area contributed by atoms with Crippen molar-refractivity contribution in [3.05, 3.63) is 65.0 Å². The van der Waals surface area contributed by atoms with Crippen molar-refractivity contribution < 1.29 is 18.7 Å². The van der Waals surface area contributed by atoms with Gasteiger partial charge in [-0.3, -0.25) is 4.79 Å². The number of carbonyl (C=O) groups is 2. The van der Waals surface area contributed by atoms with Crippen molar-refractivity contribution >= 4 is 17.6 Å². The van der Waals surface area contributed by atoms with Crippen molar-refractivity contribution in [2.75, 3.05) is 11.9 Å². The molecule has 0 atom stereocenters. The quantitative estimate of drug-likeness (QED) is 0.882. The van der Waals surface area contributed by atoms with E-state index >= 15 is 0 Å². The van der Waals surface area contributed by atoms with E-state index in [0.717, 1.165) is 5.56 Å². The summed E-state index contributed by atoms with van der Waals surface area (Å²) in [5.74, 6) is -1.51. The number of anilines is 1. The number of halogens is 1. The second kappa shape index (κ2) is 6.85. The molecule has 114 valence electrons. The molecule has 0 aliphatic carbocycles. The first-order valence-corrected chi connectivity index (χ1v) is 6.75. The minimum absolute atomic E-state index is 0.319. The van der Waals surface area contributed by atoms with E-state index in [4.69, 9.17) is 4.74 Å². The van der Waals surface area contributed by atoms with E-state index in [2.05, 4.69) is 5.32 Å². The Balaban J connectivity index is 1.90. The van der Waals surface area contributed by atoms with Crippen LogP contribution in [0.2, 0.25) is 0 Å². The lowest BCUT2D eigenvalue weighted by molar-refractivity contribution is -0.119. The Kier molecular flexibility index (Phi) is 4.88. The summed E-state index contributed by atoms with van der Waals surface area (Å²) in [5, 5.41) is 2.47. The van der Waals surface area contributed by atoms with Crippen LogP contribution in [0, 0.1) is 19.7 Å². The Labute approximate surface area is 127 Å². The molecule has 0 unspecified atom stereocenters. The highest BCUT2D eigenvalue weighted by molar-refractivity contribution is 5.95. The van der Waals surface area contributed by atoms with E-state index in [1.807, 2.05) is 13.0 Å². The summed E-state index contributed by atoms with van der Waals surface area (Å²) in [6.07, 6.45) is 0. The molecule has 0 saturated carbocycles. The molecule has 1 amide bonds. The van der Waals surface area contributed by atoms with Crippen molar-refractivity contribution in [2.24, 2.45) is 0 Å². The van der Waals surface area contributed by atoms with Gasteiger partial charge in [0.05, 0.1) is 5.56 Å². The zero-order chi connectivity index (χ0) is 16.1. The molecule has 0 aromatic heterocycles. The standard InChI is InChI=1S/C17H16FNO3/c1-11-4-3-5-13(8-11)17(21)22-10-16(20)19-14-7-6-12(2)15(18)9-14/h3-9H,10H2,1-2H3,(H,19,20). The number of nitrogens with one attached hydrogen (secondary N) is 1. The van der Waals surface area contributed by atoms with Gasteiger partial charge in [0, 0.05) is 5.69 Å². The van der Waals surface area contributed by atoms with Crippen molar-refractivity contribution in [2.45, 2.75) is 13.8 Å². The van der Waals surface area contributed by atoms with Crippen LogP contribution in [0.3, 0.4) is 0 Å². The maximum atomic E-state index is 13.4. The van der Waals surface area contributed by atoms with Gasteiger partial charge in [0.1, 0.15) is 5.82 Å². The number of benzene rings is 2. The van der Waals surface area contributed by atoms with Crippen LogP contribution in [-0.4, -0.2) is 18.5 Å². The van der Waals surface area contributed by atoms with Gasteiger partial charge in [-0.1, -0.05) is 23.8 Å². The normalized spacial score (nSPS) is 10.1. The molecular weight excluding hydrogens is 285 g/mol. The Morgan fingerprint density at radius 2 is 1.91 bits per heavy atom. The molecule has 0 radical (unpaired) electrons. The summed E-state index contributed by atoms with van der Waals surface area (Å²) in [6, 6.07) is 11.2. The first-order chi connectivity index (χ1) is 10.5. The highest BCUT2D eigenvalue weighted by Crippen LogP contribution is 2.13. The topological polar surface area (TPSA) is 55.4 Å². The number of amides is 1. The number of aryl methyl sites for hydroxylation is 2. The molecule has 5 heteroatoms. The number of hydrogen-bond acceptors (Lipinski definition) is 3. The maximum Gasteiger partial charge on any atom is 0.338 e. The SMILES string of the molecule is Cc1cccc(C(=O)OCC(=O)Nc2ccc(C)c(F)c2)c1. The Morgan fingerprint density at radius 1 is 1.14 bits per heavy atom. The van der Waals surface area contributed by atoms with E-state index in [1.165, 1.54) is 6.07 Å². The van der Waals surface area contributed by atoms with E-state index in [-0.39, 0.29) is 0 Å². The van der Waals surface area contributed by atoms with Crippen LogP contribution in [0.4, 0.5) is 10.1 Å². The van der Waals surface area contributed by atoms with Crippen LogP contribution in [0.25, 0.3) is 0 Å². The second-order valence-corrected chi connectivity index (χ2v) is 4.96. The number of hydrogen-bond donors (Lipinski definition) is 1. The van der Waals surface area contributed by atoms with Gasteiger partial charge in [-0.25, -0.2) is 9.18 Å². The highest BCUT2D eigenvalue weighted by Gasteiger charge is 2.11. The van der Waals surface area contributed by atoms with Gasteiger partial charge in [-0.2, -0.15) is 0 Å². The van der Waals surface area contributed by atoms with Gasteiger partial charge in [-0.05, 0) is 43.7 Å². The number of esters is 1. The molecule has 0 fully saturated rings. The summed E-state index contributed by atoms with van der Waals surface area (Å²) < 4.78 is 18.3. The second-order valence-electron chi connectivity index (χ2n) is 4.96. The molecule has 0 aliphatic rings. The highest BCUT2D eigenvalue weighted by atomic mass is 19.1. The minimum Gasteiger partial charge on any atom is -0.452 e. The summed E-state index contributed by atoms with van der Waals surface area (Å²) >= 11 is 0. The Bertz CT molecular complexity index is 713. The van der Waals surface area contributed by atoms with Crippen molar-refractivity contribution in [1.82, 2.24) is 0 Å². The van der Waals surface area contributed by atoms with Crippen molar-refractivity contribution in [3.8, 4) is 0 Å². The monoisotopic (exact) mass is 301 g/mol. The summed E-state index contributed by atoms with van der Waals surface area (Å²) in [5.41, 5.74) is 2.12. The third-order valence-corrected chi connectivity index (χ3v) is 3.04. The lowest BCUT2D eigenvalue weighted by Gasteiger charge is -2.07. The number of ether oxygens (including phenoxy) is 1. The molecule has 0 saturated heterocycles. The van der Waals surface area contributed by atoms with E-state index in [1.54, 1.807) is 37.3 Å². The van der Waals surface area contributed by atoms with Gasteiger partial charge in [0.2, 0.25) is 0 Å². The van der Waals surface area contributed by atoms with Gasteiger partial charge >= 0.3 is 5.97 Å². The predicted molar refractivity (Wildman–Crippen MR) is 81.2 cm³/mol. The van der Waals surface area contributed by atoms with Crippen molar-refractivity contribution in [3.63, 3.8) is 0 Å².